The van der Waals surface area contributed by atoms with Crippen LogP contribution in [0.4, 0.5) is 0 Å². The van der Waals surface area contributed by atoms with Gasteiger partial charge in [0.05, 0.1) is 0 Å². The average Bonchev–Trinajstić information content (AvgIpc) is 2.96. The van der Waals surface area contributed by atoms with E-state index in [-0.39, 0.29) is 12.5 Å². The quantitative estimate of drug-likeness (QED) is 0.699. The molecule has 0 aliphatic carbocycles. The molecule has 0 aliphatic rings. The average molecular weight is 288 g/mol. The number of aliphatic hydroxyl groups is 1. The van der Waals surface area contributed by atoms with Crippen LogP contribution in [0, 0.1) is 5.92 Å². The molecule has 0 fully saturated rings. The number of amides is 1. The van der Waals surface area contributed by atoms with Gasteiger partial charge in [0.15, 0.2) is 0 Å². The van der Waals surface area contributed by atoms with Gasteiger partial charge in [-0.3, -0.25) is 4.79 Å². The van der Waals surface area contributed by atoms with Crippen molar-refractivity contribution in [3.63, 3.8) is 0 Å². The molecule has 0 radical (unpaired) electrons. The molecule has 2 rings (SSSR count). The number of aliphatic hydroxyl groups excluding tert-OH is 1. The highest BCUT2D eigenvalue weighted by molar-refractivity contribution is 5.80. The molecule has 0 saturated heterocycles. The third kappa shape index (κ3) is 4.60. The number of rotatable bonds is 8. The van der Waals surface area contributed by atoms with E-state index in [1.165, 1.54) is 10.9 Å². The SMILES string of the molecule is CCC(CCO)CNC(=O)CCc1ccc2[nH]ccc2c1. The predicted molar refractivity (Wildman–Crippen MR) is 85.1 cm³/mol. The number of aromatic amines is 1. The van der Waals surface area contributed by atoms with Gasteiger partial charge in [-0.25, -0.2) is 0 Å². The number of nitrogens with one attached hydrogen (secondary N) is 2. The third-order valence-electron chi connectivity index (χ3n) is 3.96. The number of benzene rings is 1. The van der Waals surface area contributed by atoms with Crippen molar-refractivity contribution < 1.29 is 9.90 Å². The number of hydrogen-bond donors (Lipinski definition) is 3. The Hall–Kier alpha value is -1.81. The summed E-state index contributed by atoms with van der Waals surface area (Å²) < 4.78 is 0. The molecule has 0 spiro atoms. The highest BCUT2D eigenvalue weighted by atomic mass is 16.3. The maximum atomic E-state index is 11.9. The van der Waals surface area contributed by atoms with E-state index in [2.05, 4.69) is 35.4 Å². The van der Waals surface area contributed by atoms with Crippen LogP contribution in [0.2, 0.25) is 0 Å². The standard InChI is InChI=1S/C17H24N2O2/c1-2-13(8-10-20)12-19-17(21)6-4-14-3-5-16-15(11-14)7-9-18-16/h3,5,7,9,11,13,18,20H,2,4,6,8,10,12H2,1H3,(H,19,21). The second-order valence-electron chi connectivity index (χ2n) is 5.49. The van der Waals surface area contributed by atoms with E-state index in [0.29, 0.717) is 18.9 Å². The second-order valence-corrected chi connectivity index (χ2v) is 5.49. The molecule has 1 heterocycles. The van der Waals surface area contributed by atoms with Crippen molar-refractivity contribution >= 4 is 16.8 Å². The number of hydrogen-bond acceptors (Lipinski definition) is 2. The summed E-state index contributed by atoms with van der Waals surface area (Å²) in [6.45, 7) is 2.93. The third-order valence-corrected chi connectivity index (χ3v) is 3.96. The number of H-pyrrole nitrogens is 1. The number of aromatic nitrogens is 1. The lowest BCUT2D eigenvalue weighted by molar-refractivity contribution is -0.121. The van der Waals surface area contributed by atoms with Crippen LogP contribution in [0.25, 0.3) is 10.9 Å². The minimum Gasteiger partial charge on any atom is -0.396 e. The van der Waals surface area contributed by atoms with E-state index in [4.69, 9.17) is 5.11 Å². The van der Waals surface area contributed by atoms with Gasteiger partial charge in [0, 0.05) is 31.3 Å². The fourth-order valence-electron chi connectivity index (χ4n) is 2.50. The molecule has 114 valence electrons. The summed E-state index contributed by atoms with van der Waals surface area (Å²) in [6.07, 6.45) is 4.91. The molecule has 1 amide bonds. The molecule has 0 bridgehead atoms. The molecule has 1 atom stereocenters. The summed E-state index contributed by atoms with van der Waals surface area (Å²) in [7, 11) is 0. The molecule has 1 unspecified atom stereocenters. The van der Waals surface area contributed by atoms with E-state index in [0.717, 1.165) is 24.8 Å². The molecule has 0 saturated carbocycles. The van der Waals surface area contributed by atoms with Crippen molar-refractivity contribution in [2.75, 3.05) is 13.2 Å². The van der Waals surface area contributed by atoms with Gasteiger partial charge in [-0.2, -0.15) is 0 Å². The zero-order valence-corrected chi connectivity index (χ0v) is 12.6. The van der Waals surface area contributed by atoms with Gasteiger partial charge in [-0.05, 0) is 47.9 Å². The Kier molecular flexibility index (Phi) is 5.81. The van der Waals surface area contributed by atoms with E-state index < -0.39 is 0 Å². The summed E-state index contributed by atoms with van der Waals surface area (Å²) >= 11 is 0. The van der Waals surface area contributed by atoms with Crippen LogP contribution in [-0.2, 0) is 11.2 Å². The summed E-state index contributed by atoms with van der Waals surface area (Å²) in [5, 5.41) is 13.1. The minimum atomic E-state index is 0.0838. The van der Waals surface area contributed by atoms with Crippen molar-refractivity contribution in [2.24, 2.45) is 5.92 Å². The monoisotopic (exact) mass is 288 g/mol. The molecule has 4 nitrogen and oxygen atoms in total. The van der Waals surface area contributed by atoms with Gasteiger partial charge in [0.2, 0.25) is 5.91 Å². The van der Waals surface area contributed by atoms with Crippen LogP contribution < -0.4 is 5.32 Å². The Morgan fingerprint density at radius 2 is 2.24 bits per heavy atom. The van der Waals surface area contributed by atoms with E-state index in [1.807, 2.05) is 12.3 Å². The Balaban J connectivity index is 1.77. The maximum absolute atomic E-state index is 11.9. The normalized spacial score (nSPS) is 12.5. The minimum absolute atomic E-state index is 0.0838. The largest absolute Gasteiger partial charge is 0.396 e. The molecule has 4 heteroatoms. The fourth-order valence-corrected chi connectivity index (χ4v) is 2.50. The van der Waals surface area contributed by atoms with E-state index >= 15 is 0 Å². The lowest BCUT2D eigenvalue weighted by atomic mass is 10.0. The van der Waals surface area contributed by atoms with Crippen LogP contribution in [0.3, 0.4) is 0 Å². The molecule has 3 N–H and O–H groups in total. The van der Waals surface area contributed by atoms with Gasteiger partial charge in [-0.15, -0.1) is 0 Å². The van der Waals surface area contributed by atoms with Crippen molar-refractivity contribution in [2.45, 2.75) is 32.6 Å². The van der Waals surface area contributed by atoms with E-state index in [1.54, 1.807) is 0 Å². The number of carbonyl (C=O) groups excluding carboxylic acids is 1. The molecular weight excluding hydrogens is 264 g/mol. The summed E-state index contributed by atoms with van der Waals surface area (Å²) in [6, 6.07) is 8.28. The Morgan fingerprint density at radius 3 is 3.00 bits per heavy atom. The van der Waals surface area contributed by atoms with Gasteiger partial charge in [-0.1, -0.05) is 19.4 Å². The van der Waals surface area contributed by atoms with Crippen LogP contribution in [-0.4, -0.2) is 29.1 Å². The molecular formula is C17H24N2O2. The number of carbonyl (C=O) groups is 1. The van der Waals surface area contributed by atoms with Crippen molar-refractivity contribution in [1.29, 1.82) is 0 Å². The second kappa shape index (κ2) is 7.84. The molecule has 0 aliphatic heterocycles. The first-order valence-electron chi connectivity index (χ1n) is 7.66. The highest BCUT2D eigenvalue weighted by Gasteiger charge is 2.08. The maximum Gasteiger partial charge on any atom is 0.220 e. The summed E-state index contributed by atoms with van der Waals surface area (Å²) in [5.41, 5.74) is 2.30. The van der Waals surface area contributed by atoms with Crippen molar-refractivity contribution in [3.05, 3.63) is 36.0 Å². The van der Waals surface area contributed by atoms with E-state index in [9.17, 15) is 4.79 Å². The number of aryl methyl sites for hydroxylation is 1. The first kappa shape index (κ1) is 15.6. The van der Waals surface area contributed by atoms with Gasteiger partial charge in [0.1, 0.15) is 0 Å². The first-order chi connectivity index (χ1) is 10.2. The lowest BCUT2D eigenvalue weighted by Gasteiger charge is -2.14. The molecule has 1 aromatic carbocycles. The zero-order chi connectivity index (χ0) is 15.1. The van der Waals surface area contributed by atoms with Crippen LogP contribution in [0.5, 0.6) is 0 Å². The fraction of sp³-hybridized carbons (Fsp3) is 0.471. The van der Waals surface area contributed by atoms with Gasteiger partial charge in [0.25, 0.3) is 0 Å². The van der Waals surface area contributed by atoms with Crippen molar-refractivity contribution in [3.8, 4) is 0 Å². The summed E-state index contributed by atoms with van der Waals surface area (Å²) in [4.78, 5) is 15.0. The predicted octanol–water partition coefficient (Wildman–Crippen LogP) is 2.63. The molecule has 21 heavy (non-hydrogen) atoms. The number of fused-ring (bicyclic) bond motifs is 1. The highest BCUT2D eigenvalue weighted by Crippen LogP contribution is 2.15. The topological polar surface area (TPSA) is 65.1 Å². The Labute approximate surface area is 125 Å². The molecule has 2 aromatic rings. The first-order valence-corrected chi connectivity index (χ1v) is 7.66. The van der Waals surface area contributed by atoms with Gasteiger partial charge < -0.3 is 15.4 Å². The van der Waals surface area contributed by atoms with Crippen LogP contribution >= 0.6 is 0 Å². The Morgan fingerprint density at radius 1 is 1.38 bits per heavy atom. The lowest BCUT2D eigenvalue weighted by Crippen LogP contribution is -2.29. The molecule has 1 aromatic heterocycles. The van der Waals surface area contributed by atoms with Gasteiger partial charge >= 0.3 is 0 Å². The Bertz CT molecular complexity index is 577. The smallest absolute Gasteiger partial charge is 0.220 e. The van der Waals surface area contributed by atoms with Crippen LogP contribution in [0.15, 0.2) is 30.5 Å². The summed E-state index contributed by atoms with van der Waals surface area (Å²) in [5.74, 6) is 0.454. The van der Waals surface area contributed by atoms with Crippen molar-refractivity contribution in [1.82, 2.24) is 10.3 Å². The zero-order valence-electron chi connectivity index (χ0n) is 12.6. The van der Waals surface area contributed by atoms with Crippen LogP contribution in [0.1, 0.15) is 31.7 Å².